The molecule has 1 N–H and O–H groups in total. The molecule has 144 valence electrons. The standard InChI is InChI=1S/C15H19F3N4O4/c1-20(8-13(24)21-5-2-10(3-6-21)14(25)26)12(23)9-22-7-4-11(19-22)15(16,17)18/h4,7,10H,2-3,5-6,8-9H2,1H3,(H,25,26). The van der Waals surface area contributed by atoms with Crippen molar-refractivity contribution in [1.29, 1.82) is 0 Å². The molecule has 2 rings (SSSR count). The van der Waals surface area contributed by atoms with Crippen molar-refractivity contribution in [3.63, 3.8) is 0 Å². The molecule has 0 aromatic carbocycles. The number of aromatic nitrogens is 2. The number of carboxylic acids is 1. The van der Waals surface area contributed by atoms with Crippen LogP contribution in [0, 0.1) is 5.92 Å². The van der Waals surface area contributed by atoms with Crippen molar-refractivity contribution in [1.82, 2.24) is 19.6 Å². The molecule has 2 amide bonds. The van der Waals surface area contributed by atoms with Crippen LogP contribution in [-0.2, 0) is 27.1 Å². The minimum Gasteiger partial charge on any atom is -0.481 e. The maximum atomic E-state index is 12.5. The van der Waals surface area contributed by atoms with Gasteiger partial charge in [-0.15, -0.1) is 0 Å². The van der Waals surface area contributed by atoms with Gasteiger partial charge in [0.05, 0.1) is 12.5 Å². The minimum absolute atomic E-state index is 0.232. The van der Waals surface area contributed by atoms with E-state index in [0.717, 1.165) is 21.8 Å². The highest BCUT2D eigenvalue weighted by Gasteiger charge is 2.34. The fourth-order valence-electron chi connectivity index (χ4n) is 2.63. The normalized spacial score (nSPS) is 15.8. The highest BCUT2D eigenvalue weighted by atomic mass is 19.4. The van der Waals surface area contributed by atoms with Crippen molar-refractivity contribution < 1.29 is 32.7 Å². The lowest BCUT2D eigenvalue weighted by Gasteiger charge is -2.31. The summed E-state index contributed by atoms with van der Waals surface area (Å²) in [5.41, 5.74) is -1.09. The first-order valence-electron chi connectivity index (χ1n) is 7.93. The summed E-state index contributed by atoms with van der Waals surface area (Å²) in [5.74, 6) is -2.25. The van der Waals surface area contributed by atoms with Crippen molar-refractivity contribution >= 4 is 17.8 Å². The Balaban J connectivity index is 1.84. The number of carbonyl (C=O) groups excluding carboxylic acids is 2. The van der Waals surface area contributed by atoms with E-state index in [1.807, 2.05) is 0 Å². The van der Waals surface area contributed by atoms with Crippen molar-refractivity contribution in [3.8, 4) is 0 Å². The van der Waals surface area contributed by atoms with Crippen LogP contribution in [0.25, 0.3) is 0 Å². The summed E-state index contributed by atoms with van der Waals surface area (Å²) >= 11 is 0. The first-order valence-corrected chi connectivity index (χ1v) is 7.93. The lowest BCUT2D eigenvalue weighted by atomic mass is 9.97. The highest BCUT2D eigenvalue weighted by molar-refractivity contribution is 5.84. The monoisotopic (exact) mass is 376 g/mol. The Morgan fingerprint density at radius 2 is 1.92 bits per heavy atom. The van der Waals surface area contributed by atoms with Gasteiger partial charge in [0.25, 0.3) is 0 Å². The Kier molecular flexibility index (Phi) is 5.88. The number of halogens is 3. The minimum atomic E-state index is -4.59. The first-order chi connectivity index (χ1) is 12.1. The molecule has 1 aromatic rings. The number of hydrogen-bond donors (Lipinski definition) is 1. The molecular weight excluding hydrogens is 357 g/mol. The maximum absolute atomic E-state index is 12.5. The lowest BCUT2D eigenvalue weighted by molar-refractivity contribution is -0.146. The molecule has 8 nitrogen and oxygen atoms in total. The average molecular weight is 376 g/mol. The van der Waals surface area contributed by atoms with Crippen molar-refractivity contribution in [2.45, 2.75) is 25.6 Å². The Morgan fingerprint density at radius 3 is 2.42 bits per heavy atom. The lowest BCUT2D eigenvalue weighted by Crippen LogP contribution is -2.46. The van der Waals surface area contributed by atoms with Crippen molar-refractivity contribution in [2.75, 3.05) is 26.7 Å². The molecule has 1 aliphatic heterocycles. The number of nitrogens with zero attached hydrogens (tertiary/aromatic N) is 4. The van der Waals surface area contributed by atoms with Crippen LogP contribution in [0.15, 0.2) is 12.3 Å². The van der Waals surface area contributed by atoms with E-state index in [0.29, 0.717) is 25.9 Å². The van der Waals surface area contributed by atoms with Gasteiger partial charge < -0.3 is 14.9 Å². The van der Waals surface area contributed by atoms with Crippen LogP contribution in [0.1, 0.15) is 18.5 Å². The van der Waals surface area contributed by atoms with E-state index in [4.69, 9.17) is 5.11 Å². The number of likely N-dealkylation sites (N-methyl/N-ethyl adjacent to an activating group) is 1. The molecule has 0 bridgehead atoms. The number of amides is 2. The smallest absolute Gasteiger partial charge is 0.435 e. The molecule has 11 heteroatoms. The molecule has 0 atom stereocenters. The van der Waals surface area contributed by atoms with Gasteiger partial charge in [0, 0.05) is 26.3 Å². The maximum Gasteiger partial charge on any atom is 0.435 e. The molecule has 1 aromatic heterocycles. The zero-order chi connectivity index (χ0) is 19.5. The summed E-state index contributed by atoms with van der Waals surface area (Å²) < 4.78 is 38.3. The average Bonchev–Trinajstić information content (AvgIpc) is 3.03. The molecule has 0 unspecified atom stereocenters. The number of alkyl halides is 3. The van der Waals surface area contributed by atoms with E-state index in [1.54, 1.807) is 0 Å². The molecule has 1 saturated heterocycles. The Bertz CT molecular complexity index is 681. The summed E-state index contributed by atoms with van der Waals surface area (Å²) in [6.45, 7) is -0.0528. The number of carboxylic acid groups (broad SMARTS) is 1. The van der Waals surface area contributed by atoms with E-state index in [2.05, 4.69) is 5.10 Å². The van der Waals surface area contributed by atoms with Crippen LogP contribution in [0.2, 0.25) is 0 Å². The second-order valence-corrected chi connectivity index (χ2v) is 6.14. The summed E-state index contributed by atoms with van der Waals surface area (Å²) in [6.07, 6.45) is -2.83. The van der Waals surface area contributed by atoms with E-state index < -0.39 is 36.2 Å². The van der Waals surface area contributed by atoms with Crippen LogP contribution < -0.4 is 0 Å². The summed E-state index contributed by atoms with van der Waals surface area (Å²) in [6, 6.07) is 0.769. The predicted molar refractivity (Wildman–Crippen MR) is 81.8 cm³/mol. The van der Waals surface area contributed by atoms with Crippen LogP contribution >= 0.6 is 0 Å². The second kappa shape index (κ2) is 7.75. The molecule has 0 aliphatic carbocycles. The molecule has 1 aliphatic rings. The number of likely N-dealkylation sites (tertiary alicyclic amines) is 1. The van der Waals surface area contributed by atoms with E-state index in [-0.39, 0.29) is 12.5 Å². The van der Waals surface area contributed by atoms with Gasteiger partial charge in [-0.2, -0.15) is 18.3 Å². The van der Waals surface area contributed by atoms with Gasteiger partial charge in [-0.25, -0.2) is 0 Å². The largest absolute Gasteiger partial charge is 0.481 e. The van der Waals surface area contributed by atoms with Crippen molar-refractivity contribution in [3.05, 3.63) is 18.0 Å². The Hall–Kier alpha value is -2.59. The van der Waals surface area contributed by atoms with Crippen molar-refractivity contribution in [2.24, 2.45) is 5.92 Å². The summed E-state index contributed by atoms with van der Waals surface area (Å²) in [5, 5.41) is 12.2. The fourth-order valence-corrected chi connectivity index (χ4v) is 2.63. The van der Waals surface area contributed by atoms with Crippen LogP contribution in [0.5, 0.6) is 0 Å². The van der Waals surface area contributed by atoms with Gasteiger partial charge >= 0.3 is 12.1 Å². The van der Waals surface area contributed by atoms with Crippen LogP contribution in [0.4, 0.5) is 13.2 Å². The number of aliphatic carboxylic acids is 1. The first kappa shape index (κ1) is 19.7. The summed E-state index contributed by atoms with van der Waals surface area (Å²) in [4.78, 5) is 37.8. The number of rotatable bonds is 5. The Labute approximate surface area is 147 Å². The zero-order valence-corrected chi connectivity index (χ0v) is 14.1. The fraction of sp³-hybridized carbons (Fsp3) is 0.600. The van der Waals surface area contributed by atoms with E-state index >= 15 is 0 Å². The third kappa shape index (κ3) is 4.96. The van der Waals surface area contributed by atoms with Gasteiger partial charge in [0.15, 0.2) is 5.69 Å². The molecule has 2 heterocycles. The topological polar surface area (TPSA) is 95.7 Å². The zero-order valence-electron chi connectivity index (χ0n) is 14.1. The molecule has 0 saturated carbocycles. The van der Waals surface area contributed by atoms with Crippen LogP contribution in [-0.4, -0.2) is 69.2 Å². The van der Waals surface area contributed by atoms with E-state index in [9.17, 15) is 27.6 Å². The molecule has 0 radical (unpaired) electrons. The van der Waals surface area contributed by atoms with Gasteiger partial charge in [0.2, 0.25) is 11.8 Å². The number of carbonyl (C=O) groups is 3. The van der Waals surface area contributed by atoms with Gasteiger partial charge in [-0.05, 0) is 18.9 Å². The SMILES string of the molecule is CN(CC(=O)N1CCC(C(=O)O)CC1)C(=O)Cn1ccc(C(F)(F)F)n1. The molecule has 26 heavy (non-hydrogen) atoms. The predicted octanol–water partition coefficient (Wildman–Crippen LogP) is 0.683. The highest BCUT2D eigenvalue weighted by Crippen LogP contribution is 2.27. The second-order valence-electron chi connectivity index (χ2n) is 6.14. The molecular formula is C15H19F3N4O4. The van der Waals surface area contributed by atoms with Gasteiger partial charge in [0.1, 0.15) is 6.54 Å². The third-order valence-electron chi connectivity index (χ3n) is 4.22. The Morgan fingerprint density at radius 1 is 1.31 bits per heavy atom. The number of piperidine rings is 1. The molecule has 1 fully saturated rings. The van der Waals surface area contributed by atoms with E-state index in [1.165, 1.54) is 11.9 Å². The molecule has 0 spiro atoms. The van der Waals surface area contributed by atoms with Gasteiger partial charge in [-0.3, -0.25) is 19.1 Å². The number of hydrogen-bond acceptors (Lipinski definition) is 4. The van der Waals surface area contributed by atoms with Crippen LogP contribution in [0.3, 0.4) is 0 Å². The summed E-state index contributed by atoms with van der Waals surface area (Å²) in [7, 11) is 1.37. The third-order valence-corrected chi connectivity index (χ3v) is 4.22. The quantitative estimate of drug-likeness (QED) is 0.816. The van der Waals surface area contributed by atoms with Gasteiger partial charge in [-0.1, -0.05) is 0 Å².